The minimum Gasteiger partial charge on any atom is -0.474 e. The van der Waals surface area contributed by atoms with Crippen LogP contribution in [0.25, 0.3) is 10.2 Å². The van der Waals surface area contributed by atoms with E-state index in [0.717, 1.165) is 61.8 Å². The number of amides is 2. The molecule has 1 aliphatic heterocycles. The lowest BCUT2D eigenvalue weighted by atomic mass is 9.91. The number of aromatic nitrogens is 2. The molecule has 0 unspecified atom stereocenters. The van der Waals surface area contributed by atoms with Crippen LogP contribution in [0.3, 0.4) is 0 Å². The Kier molecular flexibility index (Phi) is 5.32. The quantitative estimate of drug-likeness (QED) is 0.749. The Morgan fingerprint density at radius 1 is 1.27 bits per heavy atom. The molecular formula is C21H27N5O3S. The molecule has 2 aromatic heterocycles. The molecule has 1 atom stereocenters. The average Bonchev–Trinajstić information content (AvgIpc) is 3.28. The first kappa shape index (κ1) is 19.7. The molecular weight excluding hydrogens is 402 g/mol. The standard InChI is InChI=1S/C21H27N5O3S/c22-16(27)9-12-1-6-15-18(12)19-20(24-11-25-21(19)30-15)29-14-4-2-13(3-5-14)26-8-7-23-17(28)10-26/h11-14H,1-10H2,(H2,22,27)(H,23,28)/t12-,13-,14-/m1/s1. The second-order valence-electron chi connectivity index (χ2n) is 8.57. The molecule has 0 aromatic carbocycles. The number of ether oxygens (including phenoxy) is 1. The van der Waals surface area contributed by atoms with Gasteiger partial charge in [0.1, 0.15) is 17.3 Å². The maximum absolute atomic E-state index is 11.7. The summed E-state index contributed by atoms with van der Waals surface area (Å²) in [6.45, 7) is 2.17. The summed E-state index contributed by atoms with van der Waals surface area (Å²) in [5.41, 5.74) is 6.66. The minimum atomic E-state index is -0.267. The Bertz CT molecular complexity index is 969. The van der Waals surface area contributed by atoms with E-state index in [0.29, 0.717) is 24.9 Å². The van der Waals surface area contributed by atoms with Crippen molar-refractivity contribution in [3.05, 3.63) is 16.8 Å². The predicted octanol–water partition coefficient (Wildman–Crippen LogP) is 1.72. The molecule has 5 rings (SSSR count). The van der Waals surface area contributed by atoms with Crippen LogP contribution in [0.1, 0.15) is 54.9 Å². The van der Waals surface area contributed by atoms with E-state index in [2.05, 4.69) is 20.2 Å². The third-order valence-corrected chi connectivity index (χ3v) is 7.82. The van der Waals surface area contributed by atoms with Gasteiger partial charge in [0.05, 0.1) is 11.9 Å². The van der Waals surface area contributed by atoms with Gasteiger partial charge in [-0.25, -0.2) is 9.97 Å². The van der Waals surface area contributed by atoms with Gasteiger partial charge in [-0.3, -0.25) is 14.5 Å². The maximum Gasteiger partial charge on any atom is 0.234 e. The van der Waals surface area contributed by atoms with E-state index in [1.807, 2.05) is 0 Å². The number of hydrogen-bond acceptors (Lipinski definition) is 7. The molecule has 160 valence electrons. The average molecular weight is 430 g/mol. The van der Waals surface area contributed by atoms with Gasteiger partial charge in [0.2, 0.25) is 17.7 Å². The lowest BCUT2D eigenvalue weighted by Crippen LogP contribution is -2.52. The van der Waals surface area contributed by atoms with Crippen LogP contribution in [0.2, 0.25) is 0 Å². The van der Waals surface area contributed by atoms with Crippen molar-refractivity contribution in [1.29, 1.82) is 0 Å². The number of aryl methyl sites for hydroxylation is 1. The molecule has 0 spiro atoms. The first-order valence-electron chi connectivity index (χ1n) is 10.8. The van der Waals surface area contributed by atoms with Crippen LogP contribution < -0.4 is 15.8 Å². The van der Waals surface area contributed by atoms with Crippen LogP contribution in [0.15, 0.2) is 6.33 Å². The normalized spacial score (nSPS) is 27.1. The van der Waals surface area contributed by atoms with Crippen molar-refractivity contribution in [2.45, 2.75) is 63.0 Å². The molecule has 30 heavy (non-hydrogen) atoms. The molecule has 9 heteroatoms. The van der Waals surface area contributed by atoms with Gasteiger partial charge in [-0.2, -0.15) is 0 Å². The SMILES string of the molecule is NC(=O)C[C@H]1CCc2sc3ncnc(O[C@H]4CC[C@H](N5CCNC(=O)C5)CC4)c3c21. The molecule has 2 aliphatic carbocycles. The summed E-state index contributed by atoms with van der Waals surface area (Å²) < 4.78 is 6.40. The Hall–Kier alpha value is -2.26. The second kappa shape index (κ2) is 8.11. The fourth-order valence-electron chi connectivity index (χ4n) is 5.23. The van der Waals surface area contributed by atoms with Crippen LogP contribution in [-0.4, -0.2) is 58.5 Å². The van der Waals surface area contributed by atoms with Crippen molar-refractivity contribution < 1.29 is 14.3 Å². The van der Waals surface area contributed by atoms with E-state index >= 15 is 0 Å². The topological polar surface area (TPSA) is 110 Å². The number of primary amides is 1. The summed E-state index contributed by atoms with van der Waals surface area (Å²) in [5.74, 6) is 0.645. The number of rotatable bonds is 5. The van der Waals surface area contributed by atoms with Gasteiger partial charge < -0.3 is 15.8 Å². The zero-order valence-corrected chi connectivity index (χ0v) is 17.7. The Morgan fingerprint density at radius 2 is 2.10 bits per heavy atom. The van der Waals surface area contributed by atoms with Crippen LogP contribution in [0.4, 0.5) is 0 Å². The van der Waals surface area contributed by atoms with Gasteiger partial charge in [-0.05, 0) is 50.0 Å². The first-order valence-corrected chi connectivity index (χ1v) is 11.6. The van der Waals surface area contributed by atoms with Crippen LogP contribution in [-0.2, 0) is 16.0 Å². The molecule has 2 amide bonds. The van der Waals surface area contributed by atoms with Crippen molar-refractivity contribution >= 4 is 33.4 Å². The molecule has 2 fully saturated rings. The van der Waals surface area contributed by atoms with Crippen molar-refractivity contribution in [2.24, 2.45) is 5.73 Å². The molecule has 3 heterocycles. The van der Waals surface area contributed by atoms with Crippen LogP contribution in [0.5, 0.6) is 5.88 Å². The van der Waals surface area contributed by atoms with E-state index in [4.69, 9.17) is 10.5 Å². The third-order valence-electron chi connectivity index (χ3n) is 6.65. The maximum atomic E-state index is 11.7. The largest absolute Gasteiger partial charge is 0.474 e. The lowest BCUT2D eigenvalue weighted by Gasteiger charge is -2.38. The summed E-state index contributed by atoms with van der Waals surface area (Å²) in [7, 11) is 0. The number of carbonyl (C=O) groups excluding carboxylic acids is 2. The number of thiophene rings is 1. The van der Waals surface area contributed by atoms with Crippen molar-refractivity contribution in [3.63, 3.8) is 0 Å². The highest BCUT2D eigenvalue weighted by Crippen LogP contribution is 2.47. The summed E-state index contributed by atoms with van der Waals surface area (Å²) in [4.78, 5) is 36.7. The molecule has 0 bridgehead atoms. The van der Waals surface area contributed by atoms with Crippen molar-refractivity contribution in [3.8, 4) is 5.88 Å². The molecule has 2 aromatic rings. The molecule has 0 radical (unpaired) electrons. The fraction of sp³-hybridized carbons (Fsp3) is 0.619. The van der Waals surface area contributed by atoms with E-state index in [1.54, 1.807) is 17.7 Å². The number of nitrogens with one attached hydrogen (secondary N) is 1. The second-order valence-corrected chi connectivity index (χ2v) is 9.66. The molecule has 3 aliphatic rings. The summed E-state index contributed by atoms with van der Waals surface area (Å²) >= 11 is 1.69. The van der Waals surface area contributed by atoms with E-state index < -0.39 is 0 Å². The summed E-state index contributed by atoms with van der Waals surface area (Å²) in [6.07, 6.45) is 7.91. The number of carbonyl (C=O) groups is 2. The highest BCUT2D eigenvalue weighted by Gasteiger charge is 2.33. The number of piperazine rings is 1. The fourth-order valence-corrected chi connectivity index (χ4v) is 6.46. The molecule has 1 saturated heterocycles. The van der Waals surface area contributed by atoms with Crippen LogP contribution >= 0.6 is 11.3 Å². The molecule has 1 saturated carbocycles. The number of hydrogen-bond donors (Lipinski definition) is 2. The van der Waals surface area contributed by atoms with Crippen molar-refractivity contribution in [1.82, 2.24) is 20.2 Å². The first-order chi connectivity index (χ1) is 14.6. The zero-order chi connectivity index (χ0) is 20.7. The predicted molar refractivity (Wildman–Crippen MR) is 114 cm³/mol. The lowest BCUT2D eigenvalue weighted by molar-refractivity contribution is -0.125. The summed E-state index contributed by atoms with van der Waals surface area (Å²) in [6, 6.07) is 0.451. The highest BCUT2D eigenvalue weighted by molar-refractivity contribution is 7.19. The Labute approximate surface area is 179 Å². The van der Waals surface area contributed by atoms with Gasteiger partial charge in [-0.15, -0.1) is 11.3 Å². The Morgan fingerprint density at radius 3 is 2.87 bits per heavy atom. The van der Waals surface area contributed by atoms with Gasteiger partial charge in [0.25, 0.3) is 0 Å². The highest BCUT2D eigenvalue weighted by atomic mass is 32.1. The number of nitrogens with two attached hydrogens (primary N) is 1. The third kappa shape index (κ3) is 3.76. The van der Waals surface area contributed by atoms with E-state index in [1.165, 1.54) is 10.4 Å². The number of fused-ring (bicyclic) bond motifs is 3. The Balaban J connectivity index is 1.31. The van der Waals surface area contributed by atoms with Gasteiger partial charge in [0, 0.05) is 30.4 Å². The monoisotopic (exact) mass is 429 g/mol. The van der Waals surface area contributed by atoms with Crippen LogP contribution in [0, 0.1) is 0 Å². The van der Waals surface area contributed by atoms with Crippen molar-refractivity contribution in [2.75, 3.05) is 19.6 Å². The zero-order valence-electron chi connectivity index (χ0n) is 16.9. The minimum absolute atomic E-state index is 0.115. The smallest absolute Gasteiger partial charge is 0.234 e. The van der Waals surface area contributed by atoms with Gasteiger partial charge in [0.15, 0.2) is 0 Å². The van der Waals surface area contributed by atoms with Gasteiger partial charge >= 0.3 is 0 Å². The van der Waals surface area contributed by atoms with Gasteiger partial charge in [-0.1, -0.05) is 0 Å². The van der Waals surface area contributed by atoms with E-state index in [9.17, 15) is 9.59 Å². The summed E-state index contributed by atoms with van der Waals surface area (Å²) in [5, 5.41) is 3.88. The molecule has 8 nitrogen and oxygen atoms in total. The van der Waals surface area contributed by atoms with E-state index in [-0.39, 0.29) is 23.8 Å². The number of nitrogens with zero attached hydrogens (tertiary/aromatic N) is 3. The molecule has 3 N–H and O–H groups in total.